The lowest BCUT2D eigenvalue weighted by Crippen LogP contribution is -2.35. The summed E-state index contributed by atoms with van der Waals surface area (Å²) in [6, 6.07) is 18.4. The van der Waals surface area contributed by atoms with Gasteiger partial charge in [-0.1, -0.05) is 48.5 Å². The number of methoxy groups -OCH3 is 2. The fraction of sp³-hybridized carbons (Fsp3) is 0.120. The summed E-state index contributed by atoms with van der Waals surface area (Å²) in [7, 11) is 2.70. The van der Waals surface area contributed by atoms with Gasteiger partial charge in [-0.15, -0.1) is 0 Å². The van der Waals surface area contributed by atoms with Crippen LogP contribution >= 0.6 is 0 Å². The Morgan fingerprint density at radius 1 is 0.970 bits per heavy atom. The van der Waals surface area contributed by atoms with E-state index in [4.69, 9.17) is 14.5 Å². The number of rotatable bonds is 6. The minimum Gasteiger partial charge on any atom is -0.619 e. The second-order valence-corrected chi connectivity index (χ2v) is 7.17. The number of carbonyl (C=O) groups excluding carboxylic acids is 2. The van der Waals surface area contributed by atoms with Crippen LogP contribution in [0.25, 0.3) is 22.2 Å². The van der Waals surface area contributed by atoms with Crippen LogP contribution in [0.1, 0.15) is 22.0 Å². The van der Waals surface area contributed by atoms with Gasteiger partial charge < -0.3 is 20.0 Å². The van der Waals surface area contributed by atoms with E-state index in [9.17, 15) is 14.8 Å². The smallest absolute Gasteiger partial charge is 0.333 e. The number of hydrogen-bond donors (Lipinski definition) is 1. The molecular formula is C25H21N3O5. The van der Waals surface area contributed by atoms with Gasteiger partial charge in [0.25, 0.3) is 5.91 Å². The molecule has 0 radical (unpaired) electrons. The Morgan fingerprint density at radius 2 is 1.64 bits per heavy atom. The van der Waals surface area contributed by atoms with Gasteiger partial charge in [0, 0.05) is 23.1 Å². The number of pyridine rings is 2. The van der Waals surface area contributed by atoms with Gasteiger partial charge in [-0.05, 0) is 11.6 Å². The summed E-state index contributed by atoms with van der Waals surface area (Å²) in [5.74, 6) is -0.934. The number of nitrogens with one attached hydrogen (secondary N) is 1. The Balaban J connectivity index is 1.86. The first-order chi connectivity index (χ1) is 16.0. The molecule has 8 heteroatoms. The number of esters is 1. The molecule has 2 aromatic heterocycles. The van der Waals surface area contributed by atoms with E-state index in [1.807, 2.05) is 36.4 Å². The zero-order valence-corrected chi connectivity index (χ0v) is 18.0. The van der Waals surface area contributed by atoms with Crippen LogP contribution in [0.15, 0.2) is 79.1 Å². The number of aromatic nitrogens is 2. The maximum atomic E-state index is 13.6. The topological polar surface area (TPSA) is 104 Å². The fourth-order valence-corrected chi connectivity index (χ4v) is 3.63. The highest BCUT2D eigenvalue weighted by Crippen LogP contribution is 2.36. The highest BCUT2D eigenvalue weighted by molar-refractivity contribution is 6.11. The molecule has 0 saturated heterocycles. The molecule has 8 nitrogen and oxygen atoms in total. The minimum atomic E-state index is -1.12. The average Bonchev–Trinajstić information content (AvgIpc) is 2.86. The lowest BCUT2D eigenvalue weighted by molar-refractivity contribution is -0.605. The number of benzene rings is 2. The van der Waals surface area contributed by atoms with E-state index in [0.717, 1.165) is 5.56 Å². The second-order valence-electron chi connectivity index (χ2n) is 7.17. The summed E-state index contributed by atoms with van der Waals surface area (Å²) in [4.78, 5) is 30.8. The number of hydrogen-bond acceptors (Lipinski definition) is 6. The van der Waals surface area contributed by atoms with Gasteiger partial charge in [0.15, 0.2) is 24.2 Å². The first-order valence-corrected chi connectivity index (χ1v) is 10.1. The van der Waals surface area contributed by atoms with Crippen molar-refractivity contribution in [1.82, 2.24) is 10.3 Å². The summed E-state index contributed by atoms with van der Waals surface area (Å²) in [6.07, 6.45) is 2.49. The van der Waals surface area contributed by atoms with Crippen LogP contribution in [0.2, 0.25) is 0 Å². The van der Waals surface area contributed by atoms with E-state index >= 15 is 0 Å². The zero-order valence-electron chi connectivity index (χ0n) is 18.0. The van der Waals surface area contributed by atoms with E-state index in [0.29, 0.717) is 26.9 Å². The number of para-hydroxylation sites is 1. The molecule has 1 atom stereocenters. The Labute approximate surface area is 190 Å². The SMILES string of the molecule is COC(=O)C(NC(=O)c1c(OC)c(-c2ccccc2)nc2ccccc12)c1cc[n+]([O-])cc1. The average molecular weight is 443 g/mol. The lowest BCUT2D eigenvalue weighted by atomic mass is 10.0. The van der Waals surface area contributed by atoms with Gasteiger partial charge in [0.2, 0.25) is 0 Å². The monoisotopic (exact) mass is 443 g/mol. The van der Waals surface area contributed by atoms with E-state index in [-0.39, 0.29) is 11.3 Å². The van der Waals surface area contributed by atoms with E-state index in [2.05, 4.69) is 5.32 Å². The number of fused-ring (bicyclic) bond motifs is 1. The molecule has 2 aromatic carbocycles. The molecule has 0 saturated carbocycles. The van der Waals surface area contributed by atoms with Gasteiger partial charge in [-0.2, -0.15) is 4.73 Å². The molecule has 33 heavy (non-hydrogen) atoms. The molecule has 1 unspecified atom stereocenters. The first kappa shape index (κ1) is 21.8. The van der Waals surface area contributed by atoms with Crippen molar-refractivity contribution in [1.29, 1.82) is 0 Å². The van der Waals surface area contributed by atoms with Crippen molar-refractivity contribution in [3.05, 3.63) is 95.5 Å². The summed E-state index contributed by atoms with van der Waals surface area (Å²) < 4.78 is 11.1. The van der Waals surface area contributed by atoms with Crippen LogP contribution < -0.4 is 14.8 Å². The molecule has 1 amide bonds. The Hall–Kier alpha value is -4.46. The summed E-state index contributed by atoms with van der Waals surface area (Å²) >= 11 is 0. The highest BCUT2D eigenvalue weighted by Gasteiger charge is 2.29. The maximum Gasteiger partial charge on any atom is 0.333 e. The third-order valence-corrected chi connectivity index (χ3v) is 5.20. The summed E-state index contributed by atoms with van der Waals surface area (Å²) in [5.41, 5.74) is 2.53. The summed E-state index contributed by atoms with van der Waals surface area (Å²) in [6.45, 7) is 0. The van der Waals surface area contributed by atoms with Crippen LogP contribution in [0, 0.1) is 5.21 Å². The number of ether oxygens (including phenoxy) is 2. The van der Waals surface area contributed by atoms with Gasteiger partial charge in [-0.3, -0.25) is 4.79 Å². The van der Waals surface area contributed by atoms with E-state index < -0.39 is 17.9 Å². The predicted molar refractivity (Wildman–Crippen MR) is 121 cm³/mol. The quantitative estimate of drug-likeness (QED) is 0.279. The van der Waals surface area contributed by atoms with Gasteiger partial charge in [-0.25, -0.2) is 9.78 Å². The van der Waals surface area contributed by atoms with Crippen molar-refractivity contribution in [2.24, 2.45) is 0 Å². The minimum absolute atomic E-state index is 0.241. The van der Waals surface area contributed by atoms with Crippen molar-refractivity contribution in [3.8, 4) is 17.0 Å². The van der Waals surface area contributed by atoms with Crippen LogP contribution in [0.3, 0.4) is 0 Å². The van der Waals surface area contributed by atoms with Crippen LogP contribution in [-0.2, 0) is 9.53 Å². The maximum absolute atomic E-state index is 13.6. The first-order valence-electron chi connectivity index (χ1n) is 10.1. The van der Waals surface area contributed by atoms with Crippen LogP contribution in [0.4, 0.5) is 0 Å². The molecular weight excluding hydrogens is 422 g/mol. The largest absolute Gasteiger partial charge is 0.619 e. The number of amides is 1. The second kappa shape index (κ2) is 9.35. The molecule has 0 aliphatic heterocycles. The van der Waals surface area contributed by atoms with Crippen molar-refractivity contribution in [2.75, 3.05) is 14.2 Å². The van der Waals surface area contributed by atoms with Crippen molar-refractivity contribution < 1.29 is 23.8 Å². The zero-order chi connectivity index (χ0) is 23.4. The molecule has 0 spiro atoms. The van der Waals surface area contributed by atoms with Crippen molar-refractivity contribution >= 4 is 22.8 Å². The standard InChI is InChI=1S/C25H21N3O5/c1-32-23-20(24(29)27-22(25(30)33-2)17-12-14-28(31)15-13-17)18-10-6-7-11-19(18)26-21(23)16-8-4-3-5-9-16/h3-15,22H,1-2H3,(H,27,29). The Kier molecular flexibility index (Phi) is 6.17. The third-order valence-electron chi connectivity index (χ3n) is 5.20. The molecule has 0 bridgehead atoms. The van der Waals surface area contributed by atoms with Crippen LogP contribution in [-0.4, -0.2) is 31.1 Å². The molecule has 0 fully saturated rings. The molecule has 0 aliphatic carbocycles. The Morgan fingerprint density at radius 3 is 2.30 bits per heavy atom. The highest BCUT2D eigenvalue weighted by atomic mass is 16.5. The van der Waals surface area contributed by atoms with Gasteiger partial charge >= 0.3 is 5.97 Å². The lowest BCUT2D eigenvalue weighted by Gasteiger charge is -2.20. The van der Waals surface area contributed by atoms with Crippen molar-refractivity contribution in [2.45, 2.75) is 6.04 Å². The number of carbonyl (C=O) groups is 2. The molecule has 166 valence electrons. The van der Waals surface area contributed by atoms with Gasteiger partial charge in [0.05, 0.1) is 25.3 Å². The molecule has 0 aliphatic rings. The fourth-order valence-electron chi connectivity index (χ4n) is 3.63. The normalized spacial score (nSPS) is 11.6. The van der Waals surface area contributed by atoms with E-state index in [1.54, 1.807) is 18.2 Å². The number of nitrogens with zero attached hydrogens (tertiary/aromatic N) is 2. The molecule has 4 aromatic rings. The molecule has 1 N–H and O–H groups in total. The van der Waals surface area contributed by atoms with E-state index in [1.165, 1.54) is 38.7 Å². The summed E-state index contributed by atoms with van der Waals surface area (Å²) in [5, 5.41) is 14.7. The molecule has 4 rings (SSSR count). The molecule has 2 heterocycles. The van der Waals surface area contributed by atoms with Crippen LogP contribution in [0.5, 0.6) is 5.75 Å². The van der Waals surface area contributed by atoms with Gasteiger partial charge in [0.1, 0.15) is 5.69 Å². The predicted octanol–water partition coefficient (Wildman–Crippen LogP) is 3.19. The third kappa shape index (κ3) is 4.31. The van der Waals surface area contributed by atoms with Crippen molar-refractivity contribution in [3.63, 3.8) is 0 Å². The Bertz CT molecular complexity index is 1310.